The normalized spacial score (nSPS) is 14.1. The van der Waals surface area contributed by atoms with Crippen molar-refractivity contribution in [3.05, 3.63) is 39.9 Å². The van der Waals surface area contributed by atoms with Gasteiger partial charge in [-0.1, -0.05) is 12.1 Å². The smallest absolute Gasteiger partial charge is 0.409 e. The van der Waals surface area contributed by atoms with Crippen molar-refractivity contribution in [2.75, 3.05) is 52.5 Å². The zero-order chi connectivity index (χ0) is 21.8. The van der Waals surface area contributed by atoms with E-state index in [1.165, 1.54) is 12.1 Å². The Labute approximate surface area is 200 Å². The summed E-state index contributed by atoms with van der Waals surface area (Å²) in [4.78, 5) is 30.8. The van der Waals surface area contributed by atoms with Gasteiger partial charge in [-0.2, -0.15) is 0 Å². The van der Waals surface area contributed by atoms with Gasteiger partial charge in [-0.15, -0.1) is 24.0 Å². The fourth-order valence-corrected chi connectivity index (χ4v) is 2.99. The number of nitrogens with one attached hydrogen (secondary N) is 1. The summed E-state index contributed by atoms with van der Waals surface area (Å²) in [7, 11) is 0. The van der Waals surface area contributed by atoms with Gasteiger partial charge in [0.2, 0.25) is 0 Å². The SMILES string of the molecule is CCOCCCNC(=NCc1ccc([N+](=O)[O-])cc1)N1CCN(C(=O)OCC)CC1.I. The van der Waals surface area contributed by atoms with E-state index in [1.54, 1.807) is 24.0 Å². The number of hydrogen-bond donors (Lipinski definition) is 1. The lowest BCUT2D eigenvalue weighted by molar-refractivity contribution is -0.384. The summed E-state index contributed by atoms with van der Waals surface area (Å²) < 4.78 is 10.4. The van der Waals surface area contributed by atoms with Crippen molar-refractivity contribution in [3.63, 3.8) is 0 Å². The molecule has 11 heteroatoms. The van der Waals surface area contributed by atoms with Gasteiger partial charge < -0.3 is 24.6 Å². The van der Waals surface area contributed by atoms with Gasteiger partial charge in [0.1, 0.15) is 0 Å². The average Bonchev–Trinajstić information content (AvgIpc) is 2.76. The van der Waals surface area contributed by atoms with Crippen molar-refractivity contribution in [3.8, 4) is 0 Å². The van der Waals surface area contributed by atoms with Crippen LogP contribution < -0.4 is 5.32 Å². The highest BCUT2D eigenvalue weighted by atomic mass is 127. The summed E-state index contributed by atoms with van der Waals surface area (Å²) in [6.07, 6.45) is 0.568. The van der Waals surface area contributed by atoms with E-state index >= 15 is 0 Å². The molecular formula is C20H32IN5O5. The third-order valence-electron chi connectivity index (χ3n) is 4.62. The van der Waals surface area contributed by atoms with Crippen LogP contribution in [-0.2, 0) is 16.0 Å². The molecule has 0 unspecified atom stereocenters. The summed E-state index contributed by atoms with van der Waals surface area (Å²) >= 11 is 0. The summed E-state index contributed by atoms with van der Waals surface area (Å²) in [6, 6.07) is 6.40. The molecule has 1 amide bonds. The second kappa shape index (κ2) is 14.8. The van der Waals surface area contributed by atoms with Crippen LogP contribution in [0.3, 0.4) is 0 Å². The minimum atomic E-state index is -0.415. The van der Waals surface area contributed by atoms with Crippen LogP contribution >= 0.6 is 24.0 Å². The first-order valence-electron chi connectivity index (χ1n) is 10.3. The fourth-order valence-electron chi connectivity index (χ4n) is 2.99. The third kappa shape index (κ3) is 9.25. The number of carbonyl (C=O) groups excluding carboxylic acids is 1. The maximum atomic E-state index is 11.9. The molecule has 0 bridgehead atoms. The van der Waals surface area contributed by atoms with Gasteiger partial charge in [-0.25, -0.2) is 9.79 Å². The van der Waals surface area contributed by atoms with E-state index in [0.717, 1.165) is 24.5 Å². The molecule has 1 fully saturated rings. The molecule has 0 atom stereocenters. The number of nitrogens with zero attached hydrogens (tertiary/aromatic N) is 4. The summed E-state index contributed by atoms with van der Waals surface area (Å²) in [5.41, 5.74) is 0.950. The first-order valence-corrected chi connectivity index (χ1v) is 10.3. The number of aliphatic imine (C=N–C) groups is 1. The molecule has 174 valence electrons. The highest BCUT2D eigenvalue weighted by Crippen LogP contribution is 2.13. The number of nitro benzene ring substituents is 1. The van der Waals surface area contributed by atoms with Crippen LogP contribution in [0.2, 0.25) is 0 Å². The van der Waals surface area contributed by atoms with E-state index in [-0.39, 0.29) is 35.8 Å². The van der Waals surface area contributed by atoms with Gasteiger partial charge in [0.05, 0.1) is 18.1 Å². The Morgan fingerprint density at radius 1 is 1.13 bits per heavy atom. The molecule has 0 spiro atoms. The van der Waals surface area contributed by atoms with Gasteiger partial charge in [0.25, 0.3) is 5.69 Å². The van der Waals surface area contributed by atoms with Crippen LogP contribution in [0, 0.1) is 10.1 Å². The Hall–Kier alpha value is -2.15. The molecule has 1 aliphatic rings. The number of hydrogen-bond acceptors (Lipinski definition) is 6. The number of ether oxygens (including phenoxy) is 2. The van der Waals surface area contributed by atoms with Gasteiger partial charge in [0, 0.05) is 58.1 Å². The van der Waals surface area contributed by atoms with Gasteiger partial charge in [-0.3, -0.25) is 10.1 Å². The van der Waals surface area contributed by atoms with Crippen LogP contribution in [0.25, 0.3) is 0 Å². The van der Waals surface area contributed by atoms with E-state index in [1.807, 2.05) is 6.92 Å². The van der Waals surface area contributed by atoms with Gasteiger partial charge in [-0.05, 0) is 25.8 Å². The van der Waals surface area contributed by atoms with Gasteiger partial charge >= 0.3 is 6.09 Å². The second-order valence-electron chi connectivity index (χ2n) is 6.71. The third-order valence-corrected chi connectivity index (χ3v) is 4.62. The standard InChI is InChI=1S/C20H31N5O5.HI/c1-3-29-15-5-10-21-19(22-16-17-6-8-18(9-7-17)25(27)28)23-11-13-24(14-12-23)20(26)30-4-2;/h6-9H,3-5,10-16H2,1-2H3,(H,21,22);1H. The Morgan fingerprint density at radius 2 is 1.77 bits per heavy atom. The van der Waals surface area contributed by atoms with Crippen molar-refractivity contribution in [2.24, 2.45) is 4.99 Å². The Bertz CT molecular complexity index is 708. The fraction of sp³-hybridized carbons (Fsp3) is 0.600. The number of guanidine groups is 1. The summed E-state index contributed by atoms with van der Waals surface area (Å²) in [6.45, 7) is 9.05. The molecule has 1 saturated heterocycles. The van der Waals surface area contributed by atoms with Crippen LogP contribution in [-0.4, -0.2) is 79.3 Å². The summed E-state index contributed by atoms with van der Waals surface area (Å²) in [5.74, 6) is 0.758. The van der Waals surface area contributed by atoms with Crippen molar-refractivity contribution >= 4 is 41.7 Å². The molecule has 1 aromatic carbocycles. The predicted octanol–water partition coefficient (Wildman–Crippen LogP) is 2.86. The topological polar surface area (TPSA) is 110 Å². The minimum absolute atomic E-state index is 0. The molecule has 0 aliphatic carbocycles. The Kier molecular flexibility index (Phi) is 12.8. The van der Waals surface area contributed by atoms with Crippen molar-refractivity contribution in [2.45, 2.75) is 26.8 Å². The number of amides is 1. The van der Waals surface area contributed by atoms with Gasteiger partial charge in [0.15, 0.2) is 5.96 Å². The molecule has 2 rings (SSSR count). The first kappa shape index (κ1) is 26.9. The first-order chi connectivity index (χ1) is 14.5. The zero-order valence-corrected chi connectivity index (χ0v) is 20.4. The number of carbonyl (C=O) groups is 1. The lowest BCUT2D eigenvalue weighted by atomic mass is 10.2. The minimum Gasteiger partial charge on any atom is -0.450 e. The predicted molar refractivity (Wildman–Crippen MR) is 129 cm³/mol. The summed E-state index contributed by atoms with van der Waals surface area (Å²) in [5, 5.41) is 14.2. The molecule has 0 saturated carbocycles. The maximum Gasteiger partial charge on any atom is 0.409 e. The second-order valence-corrected chi connectivity index (χ2v) is 6.71. The number of halogens is 1. The number of benzene rings is 1. The molecule has 31 heavy (non-hydrogen) atoms. The molecule has 1 N–H and O–H groups in total. The Morgan fingerprint density at radius 3 is 2.35 bits per heavy atom. The lowest BCUT2D eigenvalue weighted by Crippen LogP contribution is -2.54. The van der Waals surface area contributed by atoms with Crippen molar-refractivity contribution < 1.29 is 19.2 Å². The molecule has 0 aromatic heterocycles. The van der Waals surface area contributed by atoms with Crippen LogP contribution in [0.15, 0.2) is 29.3 Å². The molecule has 1 aromatic rings. The van der Waals surface area contributed by atoms with Crippen LogP contribution in [0.5, 0.6) is 0 Å². The molecule has 1 aliphatic heterocycles. The molecular weight excluding hydrogens is 517 g/mol. The van der Waals surface area contributed by atoms with E-state index in [0.29, 0.717) is 52.5 Å². The molecule has 10 nitrogen and oxygen atoms in total. The monoisotopic (exact) mass is 549 g/mol. The average molecular weight is 549 g/mol. The van der Waals surface area contributed by atoms with E-state index in [4.69, 9.17) is 14.5 Å². The highest BCUT2D eigenvalue weighted by Gasteiger charge is 2.23. The van der Waals surface area contributed by atoms with Crippen LogP contribution in [0.1, 0.15) is 25.8 Å². The largest absolute Gasteiger partial charge is 0.450 e. The Balaban J connectivity index is 0.00000480. The van der Waals surface area contributed by atoms with E-state index in [2.05, 4.69) is 10.2 Å². The van der Waals surface area contributed by atoms with E-state index in [9.17, 15) is 14.9 Å². The zero-order valence-electron chi connectivity index (χ0n) is 18.1. The number of nitro groups is 1. The van der Waals surface area contributed by atoms with Crippen molar-refractivity contribution in [1.29, 1.82) is 0 Å². The highest BCUT2D eigenvalue weighted by molar-refractivity contribution is 14.0. The number of rotatable bonds is 9. The molecule has 1 heterocycles. The lowest BCUT2D eigenvalue weighted by Gasteiger charge is -2.36. The maximum absolute atomic E-state index is 11.9. The molecule has 0 radical (unpaired) electrons. The number of non-ortho nitro benzene ring substituents is 1. The van der Waals surface area contributed by atoms with E-state index < -0.39 is 4.92 Å². The quantitative estimate of drug-likeness (QED) is 0.126. The number of piperazine rings is 1. The van der Waals surface area contributed by atoms with Crippen molar-refractivity contribution in [1.82, 2.24) is 15.1 Å². The van der Waals surface area contributed by atoms with Crippen LogP contribution in [0.4, 0.5) is 10.5 Å².